The van der Waals surface area contributed by atoms with Crippen LogP contribution in [0.3, 0.4) is 0 Å². The van der Waals surface area contributed by atoms with Gasteiger partial charge in [-0.25, -0.2) is 8.42 Å². The predicted molar refractivity (Wildman–Crippen MR) is 128 cm³/mol. The molecule has 0 saturated heterocycles. The van der Waals surface area contributed by atoms with Gasteiger partial charge < -0.3 is 16.2 Å². The van der Waals surface area contributed by atoms with E-state index >= 15 is 0 Å². The first-order chi connectivity index (χ1) is 15.9. The fourth-order valence-electron chi connectivity index (χ4n) is 3.00. The highest BCUT2D eigenvalue weighted by atomic mass is 32.2. The number of carbonyl (C=O) groups excluding carboxylic acids is 1. The number of aliphatic carboxylic acids is 1. The van der Waals surface area contributed by atoms with Gasteiger partial charge in [0, 0.05) is 19.2 Å². The van der Waals surface area contributed by atoms with Crippen LogP contribution in [0.2, 0.25) is 0 Å². The maximum absolute atomic E-state index is 12.8. The van der Waals surface area contributed by atoms with Crippen LogP contribution in [0.25, 0.3) is 0 Å². The van der Waals surface area contributed by atoms with Crippen molar-refractivity contribution in [2.75, 3.05) is 11.5 Å². The summed E-state index contributed by atoms with van der Waals surface area (Å²) in [5.41, 5.74) is 7.22. The topological polar surface area (TPSA) is 165 Å². The number of sulfonamides is 1. The minimum absolute atomic E-state index is 0.0758. The number of hydrogen-bond acceptors (Lipinski definition) is 7. The molecule has 0 aliphatic rings. The zero-order valence-electron chi connectivity index (χ0n) is 19.1. The molecule has 2 rings (SSSR count). The lowest BCUT2D eigenvalue weighted by atomic mass is 9.99. The second-order valence-electron chi connectivity index (χ2n) is 7.95. The molecule has 10 nitrogen and oxygen atoms in total. The average Bonchev–Trinajstić information content (AvgIpc) is 2.76. The highest BCUT2D eigenvalue weighted by molar-refractivity contribution is 7.89. The molecule has 5 N–H and O–H groups in total. The molecular weight excluding hydrogens is 481 g/mol. The van der Waals surface area contributed by atoms with Crippen molar-refractivity contribution < 1.29 is 32.2 Å². The molecule has 0 aliphatic heterocycles. The summed E-state index contributed by atoms with van der Waals surface area (Å²) in [5.74, 6) is -2.99. The highest BCUT2D eigenvalue weighted by Gasteiger charge is 2.36. The number of carboxylic acid groups (broad SMARTS) is 1. The Morgan fingerprint density at radius 3 is 2.32 bits per heavy atom. The lowest BCUT2D eigenvalue weighted by Gasteiger charge is -2.18. The number of carboxylic acids is 1. The van der Waals surface area contributed by atoms with Crippen LogP contribution in [0.15, 0.2) is 53.4 Å². The molecule has 12 heteroatoms. The van der Waals surface area contributed by atoms with E-state index in [1.807, 2.05) is 0 Å². The summed E-state index contributed by atoms with van der Waals surface area (Å²) in [6.45, 7) is 4.92. The summed E-state index contributed by atoms with van der Waals surface area (Å²) < 4.78 is 46.2. The molecule has 3 atom stereocenters. The summed E-state index contributed by atoms with van der Waals surface area (Å²) in [4.78, 5) is 22.9. The zero-order chi connectivity index (χ0) is 25.5. The second kappa shape index (κ2) is 12.1. The second-order valence-corrected chi connectivity index (χ2v) is 10.9. The van der Waals surface area contributed by atoms with E-state index in [0.29, 0.717) is 11.3 Å². The Balaban J connectivity index is 2.14. The van der Waals surface area contributed by atoms with Crippen molar-refractivity contribution in [2.45, 2.75) is 44.4 Å². The third-order valence-corrected chi connectivity index (χ3v) is 7.37. The standard InChI is InChI=1S/C22H28N3O7PS/c1-14(2)21(25-34(30,31)19-9-7-18(8-10-19)24-15(3)26)32-33(29)13-20(22(27)28)17-6-4-5-16(11-17)12-23/h4-11,14,20-21,25H,12-13,23H2,1-3H3,(H-,24,26,27,28)/p+1. The number of amides is 1. The van der Waals surface area contributed by atoms with Gasteiger partial charge in [-0.15, -0.1) is 4.52 Å². The van der Waals surface area contributed by atoms with E-state index in [9.17, 15) is 27.7 Å². The first-order valence-electron chi connectivity index (χ1n) is 10.5. The fraction of sp³-hybridized carbons (Fsp3) is 0.364. The summed E-state index contributed by atoms with van der Waals surface area (Å²) in [5, 5.41) is 12.2. The van der Waals surface area contributed by atoms with Crippen LogP contribution in [0.4, 0.5) is 5.69 Å². The van der Waals surface area contributed by atoms with Gasteiger partial charge in [-0.1, -0.05) is 38.1 Å². The maximum Gasteiger partial charge on any atom is 0.511 e. The molecule has 0 saturated carbocycles. The van der Waals surface area contributed by atoms with E-state index in [0.717, 1.165) is 5.56 Å². The van der Waals surface area contributed by atoms with Crippen LogP contribution >= 0.6 is 8.03 Å². The molecule has 2 aromatic rings. The van der Waals surface area contributed by atoms with Gasteiger partial charge in [0.1, 0.15) is 5.92 Å². The normalized spacial score (nSPS) is 13.9. The monoisotopic (exact) mass is 510 g/mol. The van der Waals surface area contributed by atoms with Crippen molar-refractivity contribution >= 4 is 35.6 Å². The summed E-state index contributed by atoms with van der Waals surface area (Å²) in [6, 6.07) is 12.2. The van der Waals surface area contributed by atoms with E-state index in [1.165, 1.54) is 31.2 Å². The minimum Gasteiger partial charge on any atom is -0.481 e. The summed E-state index contributed by atoms with van der Waals surface area (Å²) in [7, 11) is -6.58. The summed E-state index contributed by atoms with van der Waals surface area (Å²) >= 11 is 0. The Morgan fingerprint density at radius 1 is 1.15 bits per heavy atom. The average molecular weight is 511 g/mol. The maximum atomic E-state index is 12.8. The van der Waals surface area contributed by atoms with E-state index in [2.05, 4.69) is 10.0 Å². The molecule has 184 valence electrons. The van der Waals surface area contributed by atoms with Gasteiger partial charge in [0.2, 0.25) is 15.9 Å². The number of anilines is 1. The Hall–Kier alpha value is -2.69. The van der Waals surface area contributed by atoms with Gasteiger partial charge in [-0.2, -0.15) is 4.72 Å². The van der Waals surface area contributed by atoms with Crippen LogP contribution in [0.1, 0.15) is 37.8 Å². The number of rotatable bonds is 12. The molecule has 3 unspecified atom stereocenters. The quantitative estimate of drug-likeness (QED) is 0.250. The van der Waals surface area contributed by atoms with E-state index < -0.39 is 42.1 Å². The third kappa shape index (κ3) is 7.96. The Labute approximate surface area is 199 Å². The third-order valence-electron chi connectivity index (χ3n) is 4.81. The van der Waals surface area contributed by atoms with Crippen LogP contribution in [0.5, 0.6) is 0 Å². The molecule has 0 heterocycles. The zero-order valence-corrected chi connectivity index (χ0v) is 20.8. The SMILES string of the molecule is CC(=O)Nc1ccc(S(=O)(=O)NC(O[P+](=O)CC(C(=O)O)c2cccc(CN)c2)C(C)C)cc1. The molecule has 34 heavy (non-hydrogen) atoms. The van der Waals surface area contributed by atoms with Crippen molar-refractivity contribution in [1.82, 2.24) is 4.72 Å². The first-order valence-corrected chi connectivity index (χ1v) is 13.3. The minimum atomic E-state index is -4.05. The molecule has 0 aromatic heterocycles. The van der Waals surface area contributed by atoms with Gasteiger partial charge in [0.25, 0.3) is 0 Å². The highest BCUT2D eigenvalue weighted by Crippen LogP contribution is 2.34. The van der Waals surface area contributed by atoms with E-state index in [1.54, 1.807) is 38.1 Å². The molecule has 2 aromatic carbocycles. The molecular formula is C22H29N3O7PS+. The largest absolute Gasteiger partial charge is 0.511 e. The number of nitrogens with two attached hydrogens (primary N) is 1. The van der Waals surface area contributed by atoms with Gasteiger partial charge in [-0.3, -0.25) is 9.59 Å². The van der Waals surface area contributed by atoms with Gasteiger partial charge in [-0.05, 0) is 45.9 Å². The molecule has 0 radical (unpaired) electrons. The van der Waals surface area contributed by atoms with Crippen LogP contribution in [0, 0.1) is 5.92 Å². The smallest absolute Gasteiger partial charge is 0.481 e. The van der Waals surface area contributed by atoms with Crippen molar-refractivity contribution in [3.05, 3.63) is 59.7 Å². The molecule has 0 aliphatic carbocycles. The van der Waals surface area contributed by atoms with Crippen LogP contribution in [-0.4, -0.2) is 37.8 Å². The Kier molecular flexibility index (Phi) is 9.84. The lowest BCUT2D eigenvalue weighted by Crippen LogP contribution is -2.39. The van der Waals surface area contributed by atoms with Gasteiger partial charge >= 0.3 is 14.0 Å². The fourth-order valence-corrected chi connectivity index (χ4v) is 5.63. The molecule has 1 amide bonds. The van der Waals surface area contributed by atoms with Crippen molar-refractivity contribution in [3.8, 4) is 0 Å². The van der Waals surface area contributed by atoms with E-state index in [-0.39, 0.29) is 23.5 Å². The first kappa shape index (κ1) is 27.6. The predicted octanol–water partition coefficient (Wildman–Crippen LogP) is 2.99. The number of carbonyl (C=O) groups is 2. The summed E-state index contributed by atoms with van der Waals surface area (Å²) in [6.07, 6.45) is -1.50. The van der Waals surface area contributed by atoms with Gasteiger partial charge in [0.05, 0.1) is 4.90 Å². The lowest BCUT2D eigenvalue weighted by molar-refractivity contribution is -0.138. The van der Waals surface area contributed by atoms with Crippen molar-refractivity contribution in [3.63, 3.8) is 0 Å². The van der Waals surface area contributed by atoms with E-state index in [4.69, 9.17) is 10.3 Å². The molecule has 0 fully saturated rings. The number of benzene rings is 2. The van der Waals surface area contributed by atoms with Crippen molar-refractivity contribution in [2.24, 2.45) is 11.7 Å². The van der Waals surface area contributed by atoms with Crippen LogP contribution in [-0.2, 0) is 35.2 Å². The molecule has 0 spiro atoms. The Morgan fingerprint density at radius 2 is 1.79 bits per heavy atom. The number of nitrogens with one attached hydrogen (secondary N) is 2. The van der Waals surface area contributed by atoms with Crippen molar-refractivity contribution in [1.29, 1.82) is 0 Å². The van der Waals surface area contributed by atoms with Gasteiger partial charge in [0.15, 0.2) is 12.4 Å². The van der Waals surface area contributed by atoms with Crippen LogP contribution < -0.4 is 15.8 Å². The molecule has 0 bridgehead atoms. The Bertz CT molecular complexity index is 1140. The number of hydrogen-bond donors (Lipinski definition) is 4.